The van der Waals surface area contributed by atoms with Crippen LogP contribution in [-0.2, 0) is 6.54 Å². The number of rotatable bonds is 14. The predicted molar refractivity (Wildman–Crippen MR) is 98.3 cm³/mol. The third-order valence-corrected chi connectivity index (χ3v) is 4.97. The molecular weight excluding hydrogens is 284 g/mol. The zero-order valence-corrected chi connectivity index (χ0v) is 15.9. The molecule has 1 aromatic heterocycles. The molecule has 0 radical (unpaired) electrons. The summed E-state index contributed by atoms with van der Waals surface area (Å²) in [5.74, 6) is 1.62. The Balaban J connectivity index is 2.62. The third kappa shape index (κ3) is 8.50. The normalized spacial score (nSPS) is 14.3. The average Bonchev–Trinajstić information content (AvgIpc) is 3.07. The maximum atomic E-state index is 4.20. The molecule has 0 aliphatic heterocycles. The Hall–Kier alpha value is -0.900. The van der Waals surface area contributed by atoms with E-state index in [1.807, 2.05) is 6.20 Å². The fourth-order valence-corrected chi connectivity index (χ4v) is 3.30. The summed E-state index contributed by atoms with van der Waals surface area (Å²) in [6.07, 6.45) is 12.5. The lowest BCUT2D eigenvalue weighted by molar-refractivity contribution is 0.172. The van der Waals surface area contributed by atoms with Gasteiger partial charge in [-0.1, -0.05) is 71.4 Å². The molecule has 1 rings (SSSR count). The summed E-state index contributed by atoms with van der Waals surface area (Å²) in [6, 6.07) is 0. The van der Waals surface area contributed by atoms with Crippen LogP contribution < -0.4 is 0 Å². The highest BCUT2D eigenvalue weighted by atomic mass is 15.3. The number of nitrogens with one attached hydrogen (secondary N) is 1. The Labute approximate surface area is 143 Å². The molecule has 2 atom stereocenters. The number of nitrogens with zero attached hydrogens (tertiary/aromatic N) is 3. The molecule has 2 unspecified atom stereocenters. The molecule has 1 N–H and O–H groups in total. The first-order valence-electron chi connectivity index (χ1n) is 9.80. The largest absolute Gasteiger partial charge is 0.297 e. The van der Waals surface area contributed by atoms with Gasteiger partial charge in [-0.15, -0.1) is 5.10 Å². The first kappa shape index (κ1) is 20.1. The maximum Gasteiger partial charge on any atom is 0.0964 e. The van der Waals surface area contributed by atoms with Gasteiger partial charge < -0.3 is 0 Å². The van der Waals surface area contributed by atoms with Crippen LogP contribution >= 0.6 is 0 Å². The van der Waals surface area contributed by atoms with E-state index in [1.54, 1.807) is 0 Å². The van der Waals surface area contributed by atoms with Gasteiger partial charge in [0.1, 0.15) is 0 Å². The minimum Gasteiger partial charge on any atom is -0.297 e. The van der Waals surface area contributed by atoms with E-state index in [2.05, 4.69) is 48.0 Å². The molecule has 0 saturated heterocycles. The topological polar surface area (TPSA) is 44.8 Å². The Morgan fingerprint density at radius 1 is 0.957 bits per heavy atom. The van der Waals surface area contributed by atoms with Crippen molar-refractivity contribution in [2.45, 2.75) is 85.6 Å². The molecule has 0 aliphatic rings. The zero-order chi connectivity index (χ0) is 16.9. The van der Waals surface area contributed by atoms with E-state index in [-0.39, 0.29) is 0 Å². The van der Waals surface area contributed by atoms with Crippen LogP contribution in [0.25, 0.3) is 0 Å². The first-order valence-corrected chi connectivity index (χ1v) is 9.80. The van der Waals surface area contributed by atoms with Gasteiger partial charge in [0, 0.05) is 25.8 Å². The average molecular weight is 323 g/mol. The third-order valence-electron chi connectivity index (χ3n) is 4.97. The summed E-state index contributed by atoms with van der Waals surface area (Å²) in [5.41, 5.74) is 1.07. The van der Waals surface area contributed by atoms with Crippen molar-refractivity contribution in [1.29, 1.82) is 0 Å². The number of hydrogen-bond acceptors (Lipinski definition) is 3. The van der Waals surface area contributed by atoms with Crippen molar-refractivity contribution in [2.24, 2.45) is 11.8 Å². The van der Waals surface area contributed by atoms with Gasteiger partial charge in [0.2, 0.25) is 0 Å². The molecule has 134 valence electrons. The van der Waals surface area contributed by atoms with E-state index in [0.29, 0.717) is 0 Å². The molecule has 4 heteroatoms. The van der Waals surface area contributed by atoms with E-state index >= 15 is 0 Å². The SMILES string of the molecule is CCCCC(CC)CN(Cc1c[nH]nn1)CC(CC)CCCC. The van der Waals surface area contributed by atoms with Crippen molar-refractivity contribution < 1.29 is 0 Å². The first-order chi connectivity index (χ1) is 11.2. The summed E-state index contributed by atoms with van der Waals surface area (Å²) >= 11 is 0. The molecule has 0 bridgehead atoms. The van der Waals surface area contributed by atoms with Crippen LogP contribution in [-0.4, -0.2) is 33.4 Å². The van der Waals surface area contributed by atoms with Crippen molar-refractivity contribution in [3.8, 4) is 0 Å². The summed E-state index contributed by atoms with van der Waals surface area (Å²) in [6.45, 7) is 12.6. The number of aromatic amines is 1. The van der Waals surface area contributed by atoms with Gasteiger partial charge in [-0.2, -0.15) is 0 Å². The molecule has 23 heavy (non-hydrogen) atoms. The molecule has 0 amide bonds. The van der Waals surface area contributed by atoms with Crippen molar-refractivity contribution in [3.05, 3.63) is 11.9 Å². The van der Waals surface area contributed by atoms with Crippen LogP contribution in [0.2, 0.25) is 0 Å². The van der Waals surface area contributed by atoms with E-state index in [1.165, 1.54) is 64.5 Å². The number of unbranched alkanes of at least 4 members (excludes halogenated alkanes) is 2. The highest BCUT2D eigenvalue weighted by Gasteiger charge is 2.18. The lowest BCUT2D eigenvalue weighted by atomic mass is 9.95. The van der Waals surface area contributed by atoms with E-state index in [4.69, 9.17) is 0 Å². The molecule has 0 spiro atoms. The Bertz CT molecular complexity index is 345. The molecule has 0 fully saturated rings. The Morgan fingerprint density at radius 2 is 1.52 bits per heavy atom. The highest BCUT2D eigenvalue weighted by Crippen LogP contribution is 2.20. The Morgan fingerprint density at radius 3 is 1.91 bits per heavy atom. The predicted octanol–water partition coefficient (Wildman–Crippen LogP) is 5.04. The Kier molecular flexibility index (Phi) is 11.0. The second-order valence-electron chi connectivity index (χ2n) is 6.99. The van der Waals surface area contributed by atoms with Crippen LogP contribution in [0.4, 0.5) is 0 Å². The second kappa shape index (κ2) is 12.5. The number of aromatic nitrogens is 3. The monoisotopic (exact) mass is 322 g/mol. The summed E-state index contributed by atoms with van der Waals surface area (Å²) in [7, 11) is 0. The minimum absolute atomic E-state index is 0.811. The lowest BCUT2D eigenvalue weighted by Gasteiger charge is -2.30. The van der Waals surface area contributed by atoms with Crippen LogP contribution in [0.5, 0.6) is 0 Å². The summed E-state index contributed by atoms with van der Waals surface area (Å²) < 4.78 is 0. The van der Waals surface area contributed by atoms with Crippen LogP contribution in [0.1, 0.15) is 84.8 Å². The van der Waals surface area contributed by atoms with E-state index < -0.39 is 0 Å². The van der Waals surface area contributed by atoms with Gasteiger partial charge in [-0.05, 0) is 24.7 Å². The van der Waals surface area contributed by atoms with Crippen molar-refractivity contribution in [2.75, 3.05) is 13.1 Å². The van der Waals surface area contributed by atoms with Gasteiger partial charge >= 0.3 is 0 Å². The second-order valence-corrected chi connectivity index (χ2v) is 6.99. The number of hydrogen-bond donors (Lipinski definition) is 1. The molecule has 1 heterocycles. The fraction of sp³-hybridized carbons (Fsp3) is 0.895. The lowest BCUT2D eigenvalue weighted by Crippen LogP contribution is -2.33. The van der Waals surface area contributed by atoms with Crippen molar-refractivity contribution in [1.82, 2.24) is 20.3 Å². The van der Waals surface area contributed by atoms with E-state index in [9.17, 15) is 0 Å². The smallest absolute Gasteiger partial charge is 0.0964 e. The minimum atomic E-state index is 0.811. The molecule has 0 aliphatic carbocycles. The van der Waals surface area contributed by atoms with Crippen LogP contribution in [0.3, 0.4) is 0 Å². The maximum absolute atomic E-state index is 4.20. The van der Waals surface area contributed by atoms with Crippen molar-refractivity contribution >= 4 is 0 Å². The quantitative estimate of drug-likeness (QED) is 0.522. The summed E-state index contributed by atoms with van der Waals surface area (Å²) in [5, 5.41) is 10.9. The van der Waals surface area contributed by atoms with Gasteiger partial charge in [-0.25, -0.2) is 0 Å². The molecule has 4 nitrogen and oxygen atoms in total. The van der Waals surface area contributed by atoms with Crippen molar-refractivity contribution in [3.63, 3.8) is 0 Å². The van der Waals surface area contributed by atoms with Crippen LogP contribution in [0, 0.1) is 11.8 Å². The molecule has 1 aromatic rings. The number of H-pyrrole nitrogens is 1. The fourth-order valence-electron chi connectivity index (χ4n) is 3.30. The van der Waals surface area contributed by atoms with Gasteiger partial charge in [-0.3, -0.25) is 10.00 Å². The van der Waals surface area contributed by atoms with Gasteiger partial charge in [0.25, 0.3) is 0 Å². The zero-order valence-electron chi connectivity index (χ0n) is 15.9. The summed E-state index contributed by atoms with van der Waals surface area (Å²) in [4.78, 5) is 2.63. The van der Waals surface area contributed by atoms with E-state index in [0.717, 1.165) is 24.1 Å². The molecule has 0 saturated carbocycles. The van der Waals surface area contributed by atoms with Gasteiger partial charge in [0.05, 0.1) is 5.69 Å². The standard InChI is InChI=1S/C19H38N4/c1-5-9-11-17(7-3)14-23(16-19-13-20-22-21-19)15-18(8-4)12-10-6-2/h13,17-18H,5-12,14-16H2,1-4H3,(H,20,21,22). The highest BCUT2D eigenvalue weighted by molar-refractivity contribution is 4.90. The molecule has 0 aromatic carbocycles. The molecular formula is C19H38N4. The van der Waals surface area contributed by atoms with Crippen LogP contribution in [0.15, 0.2) is 6.20 Å². The van der Waals surface area contributed by atoms with Gasteiger partial charge in [0.15, 0.2) is 0 Å².